The van der Waals surface area contributed by atoms with E-state index in [1.54, 1.807) is 6.33 Å². The molecule has 0 spiro atoms. The summed E-state index contributed by atoms with van der Waals surface area (Å²) in [7, 11) is 0. The molecule has 2 aromatic rings. The number of benzene rings is 1. The van der Waals surface area contributed by atoms with Gasteiger partial charge in [-0.3, -0.25) is 0 Å². The number of H-pyrrole nitrogens is 1. The van der Waals surface area contributed by atoms with Crippen molar-refractivity contribution in [3.63, 3.8) is 0 Å². The Bertz CT molecular complexity index is 428. The predicted molar refractivity (Wildman–Crippen MR) is 52.9 cm³/mol. The molecular formula is C10H11N3. The first-order valence-corrected chi connectivity index (χ1v) is 4.62. The fraction of sp³-hybridized carbons (Fsp3) is 0.300. The Morgan fingerprint density at radius 3 is 3.00 bits per heavy atom. The molecule has 2 heterocycles. The summed E-state index contributed by atoms with van der Waals surface area (Å²) in [4.78, 5) is 9.81. The predicted octanol–water partition coefficient (Wildman–Crippen LogP) is 1.77. The Labute approximate surface area is 76.4 Å². The average Bonchev–Trinajstić information content (AvgIpc) is 2.49. The van der Waals surface area contributed by atoms with Crippen molar-refractivity contribution in [3.8, 4) is 0 Å². The molecule has 3 rings (SSSR count). The molecule has 0 unspecified atom stereocenters. The van der Waals surface area contributed by atoms with E-state index in [1.807, 2.05) is 0 Å². The maximum absolute atomic E-state index is 4.32. The van der Waals surface area contributed by atoms with Crippen LogP contribution in [0.4, 0.5) is 5.69 Å². The van der Waals surface area contributed by atoms with Gasteiger partial charge in [-0.15, -0.1) is 0 Å². The van der Waals surface area contributed by atoms with Gasteiger partial charge in [0.15, 0.2) is 0 Å². The lowest BCUT2D eigenvalue weighted by Gasteiger charge is -2.33. The van der Waals surface area contributed by atoms with Gasteiger partial charge in [-0.25, -0.2) is 4.98 Å². The molecule has 1 fully saturated rings. The van der Waals surface area contributed by atoms with E-state index in [1.165, 1.54) is 25.2 Å². The van der Waals surface area contributed by atoms with Crippen molar-refractivity contribution in [3.05, 3.63) is 24.5 Å². The standard InChI is InChI=1S/C10H11N3/c1-3-8-10(12-7-11-8)9(4-1)13-5-2-6-13/h1,3-4,7H,2,5-6H2,(H,11,12). The lowest BCUT2D eigenvalue weighted by molar-refractivity contribution is 0.619. The highest BCUT2D eigenvalue weighted by Crippen LogP contribution is 2.27. The van der Waals surface area contributed by atoms with Gasteiger partial charge in [0.05, 0.1) is 17.5 Å². The molecule has 66 valence electrons. The Hall–Kier alpha value is -1.51. The van der Waals surface area contributed by atoms with E-state index >= 15 is 0 Å². The SMILES string of the molecule is c1cc(N2CCC2)c2nc[nH]c2c1. The number of para-hydroxylation sites is 1. The van der Waals surface area contributed by atoms with Gasteiger partial charge in [-0.2, -0.15) is 0 Å². The largest absolute Gasteiger partial charge is 0.370 e. The Kier molecular flexibility index (Phi) is 1.33. The summed E-state index contributed by atoms with van der Waals surface area (Å²) in [5, 5.41) is 0. The van der Waals surface area contributed by atoms with Gasteiger partial charge in [0, 0.05) is 13.1 Å². The molecule has 3 heteroatoms. The van der Waals surface area contributed by atoms with Gasteiger partial charge in [-0.05, 0) is 18.6 Å². The third kappa shape index (κ3) is 0.932. The Balaban J connectivity index is 2.20. The van der Waals surface area contributed by atoms with Crippen molar-refractivity contribution in [1.29, 1.82) is 0 Å². The molecule has 1 aliphatic rings. The fourth-order valence-electron chi connectivity index (χ4n) is 1.76. The molecule has 1 aromatic heterocycles. The summed E-state index contributed by atoms with van der Waals surface area (Å²) in [5.74, 6) is 0. The van der Waals surface area contributed by atoms with E-state index in [9.17, 15) is 0 Å². The van der Waals surface area contributed by atoms with Crippen LogP contribution in [0, 0.1) is 0 Å². The molecule has 13 heavy (non-hydrogen) atoms. The number of hydrogen-bond acceptors (Lipinski definition) is 2. The van der Waals surface area contributed by atoms with Crippen molar-refractivity contribution in [2.24, 2.45) is 0 Å². The van der Waals surface area contributed by atoms with Crippen LogP contribution in [0.15, 0.2) is 24.5 Å². The molecule has 0 bridgehead atoms. The quantitative estimate of drug-likeness (QED) is 0.712. The number of nitrogens with one attached hydrogen (secondary N) is 1. The second-order valence-corrected chi connectivity index (χ2v) is 3.42. The molecule has 1 aromatic carbocycles. The van der Waals surface area contributed by atoms with Gasteiger partial charge in [0.1, 0.15) is 5.52 Å². The first-order chi connectivity index (χ1) is 6.45. The Morgan fingerprint density at radius 1 is 1.31 bits per heavy atom. The molecule has 0 saturated carbocycles. The monoisotopic (exact) mass is 173 g/mol. The van der Waals surface area contributed by atoms with Crippen LogP contribution in [0.3, 0.4) is 0 Å². The van der Waals surface area contributed by atoms with Crippen molar-refractivity contribution < 1.29 is 0 Å². The fourth-order valence-corrected chi connectivity index (χ4v) is 1.76. The zero-order valence-corrected chi connectivity index (χ0v) is 7.33. The normalized spacial score (nSPS) is 16.2. The molecule has 1 saturated heterocycles. The summed E-state index contributed by atoms with van der Waals surface area (Å²) >= 11 is 0. The van der Waals surface area contributed by atoms with Crippen LogP contribution in [0.5, 0.6) is 0 Å². The van der Waals surface area contributed by atoms with Crippen molar-refractivity contribution in [2.45, 2.75) is 6.42 Å². The highest BCUT2D eigenvalue weighted by atomic mass is 15.2. The number of aromatic nitrogens is 2. The minimum Gasteiger partial charge on any atom is -0.370 e. The molecule has 0 aliphatic carbocycles. The van der Waals surface area contributed by atoms with E-state index in [4.69, 9.17) is 0 Å². The van der Waals surface area contributed by atoms with E-state index in [-0.39, 0.29) is 0 Å². The number of rotatable bonds is 1. The topological polar surface area (TPSA) is 31.9 Å². The second kappa shape index (κ2) is 2.49. The first-order valence-electron chi connectivity index (χ1n) is 4.62. The molecule has 1 N–H and O–H groups in total. The number of hydrogen-bond donors (Lipinski definition) is 1. The van der Waals surface area contributed by atoms with E-state index in [2.05, 4.69) is 33.1 Å². The summed E-state index contributed by atoms with van der Waals surface area (Å²) in [6, 6.07) is 6.28. The number of imidazole rings is 1. The number of nitrogens with zero attached hydrogens (tertiary/aromatic N) is 2. The van der Waals surface area contributed by atoms with Crippen LogP contribution in [-0.2, 0) is 0 Å². The number of aromatic amines is 1. The van der Waals surface area contributed by atoms with Gasteiger partial charge < -0.3 is 9.88 Å². The van der Waals surface area contributed by atoms with Crippen LogP contribution in [-0.4, -0.2) is 23.1 Å². The third-order valence-electron chi connectivity index (χ3n) is 2.63. The summed E-state index contributed by atoms with van der Waals surface area (Å²) in [6.45, 7) is 2.35. The van der Waals surface area contributed by atoms with E-state index < -0.39 is 0 Å². The minimum absolute atomic E-state index is 1.10. The van der Waals surface area contributed by atoms with E-state index in [0.29, 0.717) is 0 Å². The average molecular weight is 173 g/mol. The van der Waals surface area contributed by atoms with Crippen molar-refractivity contribution in [1.82, 2.24) is 9.97 Å². The van der Waals surface area contributed by atoms with Crippen molar-refractivity contribution >= 4 is 16.7 Å². The molecule has 0 amide bonds. The summed E-state index contributed by atoms with van der Waals surface area (Å²) in [6.07, 6.45) is 3.06. The maximum atomic E-state index is 4.32. The van der Waals surface area contributed by atoms with Crippen LogP contribution in [0.2, 0.25) is 0 Å². The van der Waals surface area contributed by atoms with Gasteiger partial charge >= 0.3 is 0 Å². The molecule has 0 radical (unpaired) electrons. The number of fused-ring (bicyclic) bond motifs is 1. The Morgan fingerprint density at radius 2 is 2.23 bits per heavy atom. The van der Waals surface area contributed by atoms with Crippen LogP contribution in [0.25, 0.3) is 11.0 Å². The van der Waals surface area contributed by atoms with Gasteiger partial charge in [0.2, 0.25) is 0 Å². The lowest BCUT2D eigenvalue weighted by Crippen LogP contribution is -2.37. The smallest absolute Gasteiger partial charge is 0.112 e. The zero-order valence-electron chi connectivity index (χ0n) is 7.33. The maximum Gasteiger partial charge on any atom is 0.112 e. The second-order valence-electron chi connectivity index (χ2n) is 3.42. The molecule has 3 nitrogen and oxygen atoms in total. The summed E-state index contributed by atoms with van der Waals surface area (Å²) in [5.41, 5.74) is 3.50. The van der Waals surface area contributed by atoms with Crippen LogP contribution < -0.4 is 4.90 Å². The molecule has 1 aliphatic heterocycles. The minimum atomic E-state index is 1.10. The summed E-state index contributed by atoms with van der Waals surface area (Å²) < 4.78 is 0. The molecule has 0 atom stereocenters. The highest BCUT2D eigenvalue weighted by Gasteiger charge is 2.17. The number of anilines is 1. The third-order valence-corrected chi connectivity index (χ3v) is 2.63. The molecular weight excluding hydrogens is 162 g/mol. The zero-order chi connectivity index (χ0) is 8.67. The van der Waals surface area contributed by atoms with E-state index in [0.717, 1.165) is 11.0 Å². The first kappa shape index (κ1) is 6.95. The van der Waals surface area contributed by atoms with Gasteiger partial charge in [0.25, 0.3) is 0 Å². The highest BCUT2D eigenvalue weighted by molar-refractivity contribution is 5.88. The van der Waals surface area contributed by atoms with Crippen molar-refractivity contribution in [2.75, 3.05) is 18.0 Å². The van der Waals surface area contributed by atoms with Crippen LogP contribution >= 0.6 is 0 Å². The lowest BCUT2D eigenvalue weighted by atomic mass is 10.1. The van der Waals surface area contributed by atoms with Crippen LogP contribution in [0.1, 0.15) is 6.42 Å². The van der Waals surface area contributed by atoms with Gasteiger partial charge in [-0.1, -0.05) is 6.07 Å².